The van der Waals surface area contributed by atoms with Gasteiger partial charge in [-0.15, -0.1) is 0 Å². The quantitative estimate of drug-likeness (QED) is 0.527. The molecule has 2 aliphatic heterocycles. The number of Topliss-reactive ketones (excluding diaryl/α,β-unsaturated/α-hetero) is 1. The highest BCUT2D eigenvalue weighted by atomic mass is 16.7. The van der Waals surface area contributed by atoms with Crippen molar-refractivity contribution in [2.24, 2.45) is 10.8 Å². The summed E-state index contributed by atoms with van der Waals surface area (Å²) in [5.41, 5.74) is -2.30. The standard InChI is InChI=1S/C17H22O7/c1-8-4-11-16(6-18,13(21)12(8)20)15(3)5-10(23-9(2)19)14(24-11)17(15)7-22-17/h4,10-11,13-14,18,21H,5-7H2,1-3H3/t10?,11?,13?,14-,15-,16+,17-/m0/s1. The van der Waals surface area contributed by atoms with E-state index in [-0.39, 0.29) is 0 Å². The summed E-state index contributed by atoms with van der Waals surface area (Å²) in [5, 5.41) is 21.1. The Hall–Kier alpha value is -1.28. The third-order valence-corrected chi connectivity index (χ3v) is 6.73. The first kappa shape index (κ1) is 16.2. The molecule has 1 saturated carbocycles. The van der Waals surface area contributed by atoms with E-state index in [1.54, 1.807) is 13.0 Å². The van der Waals surface area contributed by atoms with Crippen molar-refractivity contribution in [1.29, 1.82) is 0 Å². The molecule has 0 aromatic heterocycles. The molecule has 7 nitrogen and oxygen atoms in total. The minimum atomic E-state index is -1.39. The minimum Gasteiger partial charge on any atom is -0.460 e. The Kier molecular flexibility index (Phi) is 3.15. The van der Waals surface area contributed by atoms with Gasteiger partial charge in [0.1, 0.15) is 23.9 Å². The number of ether oxygens (including phenoxy) is 3. The van der Waals surface area contributed by atoms with E-state index in [9.17, 15) is 19.8 Å². The zero-order valence-corrected chi connectivity index (χ0v) is 13.9. The van der Waals surface area contributed by atoms with Gasteiger partial charge in [-0.25, -0.2) is 0 Å². The average molecular weight is 338 g/mol. The predicted octanol–water partition coefficient (Wildman–Crippen LogP) is -0.267. The Labute approximate surface area is 139 Å². The van der Waals surface area contributed by atoms with E-state index in [2.05, 4.69) is 0 Å². The maximum Gasteiger partial charge on any atom is 0.302 e. The van der Waals surface area contributed by atoms with Gasteiger partial charge < -0.3 is 24.4 Å². The molecule has 132 valence electrons. The van der Waals surface area contributed by atoms with Crippen molar-refractivity contribution >= 4 is 11.8 Å². The third kappa shape index (κ3) is 1.57. The van der Waals surface area contributed by atoms with Gasteiger partial charge in [0.25, 0.3) is 0 Å². The monoisotopic (exact) mass is 338 g/mol. The summed E-state index contributed by atoms with van der Waals surface area (Å²) in [7, 11) is 0. The topological polar surface area (TPSA) is 106 Å². The van der Waals surface area contributed by atoms with Crippen LogP contribution in [0.15, 0.2) is 11.6 Å². The van der Waals surface area contributed by atoms with Crippen molar-refractivity contribution in [1.82, 2.24) is 0 Å². The van der Waals surface area contributed by atoms with Crippen molar-refractivity contribution in [2.45, 2.75) is 57.2 Å². The van der Waals surface area contributed by atoms with Crippen LogP contribution >= 0.6 is 0 Å². The summed E-state index contributed by atoms with van der Waals surface area (Å²) in [6.07, 6.45) is -0.991. The van der Waals surface area contributed by atoms with Crippen molar-refractivity contribution in [3.05, 3.63) is 11.6 Å². The molecular formula is C17H22O7. The molecule has 2 saturated heterocycles. The first-order valence-electron chi connectivity index (χ1n) is 8.22. The van der Waals surface area contributed by atoms with Gasteiger partial charge in [0.2, 0.25) is 0 Å². The van der Waals surface area contributed by atoms with Gasteiger partial charge in [0, 0.05) is 12.3 Å². The molecule has 4 aliphatic rings. The van der Waals surface area contributed by atoms with E-state index in [0.29, 0.717) is 18.6 Å². The number of carbonyl (C=O) groups is 2. The number of hydrogen-bond donors (Lipinski definition) is 2. The van der Waals surface area contributed by atoms with Crippen molar-refractivity contribution in [3.8, 4) is 0 Å². The van der Waals surface area contributed by atoms with Crippen LogP contribution in [0, 0.1) is 10.8 Å². The number of epoxide rings is 1. The van der Waals surface area contributed by atoms with Gasteiger partial charge in [-0.2, -0.15) is 0 Å². The van der Waals surface area contributed by atoms with Crippen LogP contribution in [0.3, 0.4) is 0 Å². The molecule has 0 amide bonds. The lowest BCUT2D eigenvalue weighted by Crippen LogP contribution is -2.70. The summed E-state index contributed by atoms with van der Waals surface area (Å²) >= 11 is 0. The molecule has 7 heteroatoms. The maximum atomic E-state index is 12.4. The van der Waals surface area contributed by atoms with Gasteiger partial charge in [0.05, 0.1) is 24.7 Å². The highest BCUT2D eigenvalue weighted by Crippen LogP contribution is 2.71. The van der Waals surface area contributed by atoms with E-state index < -0.39 is 59.2 Å². The third-order valence-electron chi connectivity index (χ3n) is 6.73. The second-order valence-electron chi connectivity index (χ2n) is 7.65. The van der Waals surface area contributed by atoms with E-state index in [1.807, 2.05) is 6.92 Å². The molecule has 0 aromatic rings. The number of esters is 1. The SMILES string of the molecule is CC(=O)OC1C[C@@]2(C)[C@]3(CO)C(C=C(C)C(=O)C3O)O[C@@H]1[C@@]21CO1. The Morgan fingerprint density at radius 3 is 2.71 bits per heavy atom. The van der Waals surface area contributed by atoms with E-state index in [4.69, 9.17) is 14.2 Å². The van der Waals surface area contributed by atoms with Crippen LogP contribution in [0.1, 0.15) is 27.2 Å². The fourth-order valence-corrected chi connectivity index (χ4v) is 5.30. The van der Waals surface area contributed by atoms with Gasteiger partial charge in [-0.05, 0) is 25.0 Å². The van der Waals surface area contributed by atoms with Gasteiger partial charge in [0.15, 0.2) is 5.78 Å². The summed E-state index contributed by atoms with van der Waals surface area (Å²) in [4.78, 5) is 23.9. The van der Waals surface area contributed by atoms with Gasteiger partial charge in [-0.1, -0.05) is 6.92 Å². The number of aliphatic hydroxyl groups excluding tert-OH is 2. The van der Waals surface area contributed by atoms with Crippen molar-refractivity contribution in [2.75, 3.05) is 13.2 Å². The average Bonchev–Trinajstić information content (AvgIpc) is 3.27. The molecule has 2 N–H and O–H groups in total. The molecule has 4 rings (SSSR count). The molecule has 24 heavy (non-hydrogen) atoms. The molecule has 3 fully saturated rings. The molecule has 7 atom stereocenters. The maximum absolute atomic E-state index is 12.4. The smallest absolute Gasteiger partial charge is 0.302 e. The number of ketones is 1. The molecule has 2 heterocycles. The van der Waals surface area contributed by atoms with Crippen LogP contribution in [0.25, 0.3) is 0 Å². The lowest BCUT2D eigenvalue weighted by Gasteiger charge is -2.58. The van der Waals surface area contributed by atoms with Gasteiger partial charge >= 0.3 is 5.97 Å². The minimum absolute atomic E-state index is 0.367. The van der Waals surface area contributed by atoms with Crippen LogP contribution in [0.4, 0.5) is 0 Å². The van der Waals surface area contributed by atoms with E-state index in [0.717, 1.165) is 0 Å². The highest BCUT2D eigenvalue weighted by molar-refractivity contribution is 6.00. The second kappa shape index (κ2) is 4.66. The zero-order chi connectivity index (χ0) is 17.5. The highest BCUT2D eigenvalue weighted by Gasteiger charge is 2.83. The second-order valence-corrected chi connectivity index (χ2v) is 7.65. The largest absolute Gasteiger partial charge is 0.460 e. The number of hydrogen-bond acceptors (Lipinski definition) is 7. The number of aliphatic hydroxyl groups is 2. The summed E-state index contributed by atoms with van der Waals surface area (Å²) in [6.45, 7) is 4.83. The Bertz CT molecular complexity index is 651. The van der Waals surface area contributed by atoms with Crippen molar-refractivity contribution in [3.63, 3.8) is 0 Å². The van der Waals surface area contributed by atoms with Crippen LogP contribution in [-0.2, 0) is 23.8 Å². The number of carbonyl (C=O) groups excluding carboxylic acids is 2. The van der Waals surface area contributed by atoms with Crippen molar-refractivity contribution < 1.29 is 34.0 Å². The number of fused-ring (bicyclic) bond motifs is 2. The van der Waals surface area contributed by atoms with E-state index >= 15 is 0 Å². The van der Waals surface area contributed by atoms with E-state index in [1.165, 1.54) is 6.92 Å². The summed E-state index contributed by atoms with van der Waals surface area (Å²) in [5.74, 6) is -0.824. The van der Waals surface area contributed by atoms with Crippen LogP contribution in [0.5, 0.6) is 0 Å². The van der Waals surface area contributed by atoms with Crippen LogP contribution < -0.4 is 0 Å². The first-order chi connectivity index (χ1) is 11.2. The molecule has 2 aliphatic carbocycles. The number of rotatable bonds is 2. The zero-order valence-electron chi connectivity index (χ0n) is 13.9. The fourth-order valence-electron chi connectivity index (χ4n) is 5.30. The summed E-state index contributed by atoms with van der Waals surface area (Å²) < 4.78 is 17.4. The molecule has 2 bridgehead atoms. The molecule has 3 unspecified atom stereocenters. The fraction of sp³-hybridized carbons (Fsp3) is 0.765. The summed E-state index contributed by atoms with van der Waals surface area (Å²) in [6, 6.07) is 0. The first-order valence-corrected chi connectivity index (χ1v) is 8.22. The predicted molar refractivity (Wildman–Crippen MR) is 79.9 cm³/mol. The van der Waals surface area contributed by atoms with Gasteiger partial charge in [-0.3, -0.25) is 9.59 Å². The van der Waals surface area contributed by atoms with Crippen LogP contribution in [-0.4, -0.2) is 65.2 Å². The lowest BCUT2D eigenvalue weighted by molar-refractivity contribution is -0.244. The Morgan fingerprint density at radius 1 is 1.50 bits per heavy atom. The van der Waals surface area contributed by atoms with Crippen LogP contribution in [0.2, 0.25) is 0 Å². The molecule has 1 spiro atoms. The normalized spacial score (nSPS) is 52.0. The molecule has 0 radical (unpaired) electrons. The Morgan fingerprint density at radius 2 is 2.17 bits per heavy atom. The lowest BCUT2D eigenvalue weighted by atomic mass is 9.50. The molecule has 0 aromatic carbocycles. The molecular weight excluding hydrogens is 316 g/mol. The Balaban J connectivity index is 1.87.